The quantitative estimate of drug-likeness (QED) is 0.850. The molecule has 1 aliphatic heterocycles. The molecule has 1 aromatic carbocycles. The fourth-order valence-corrected chi connectivity index (χ4v) is 2.56. The van der Waals surface area contributed by atoms with Crippen molar-refractivity contribution in [2.75, 3.05) is 18.0 Å². The zero-order valence-electron chi connectivity index (χ0n) is 11.3. The van der Waals surface area contributed by atoms with Crippen molar-refractivity contribution in [1.29, 1.82) is 0 Å². The molecule has 0 aliphatic carbocycles. The first kappa shape index (κ1) is 13.6. The monoisotopic (exact) mass is 261 g/mol. The summed E-state index contributed by atoms with van der Waals surface area (Å²) in [6.45, 7) is 4.65. The van der Waals surface area contributed by atoms with Crippen LogP contribution in [0.5, 0.6) is 0 Å². The number of carbonyl (C=O) groups excluding carboxylic acids is 1. The third-order valence-electron chi connectivity index (χ3n) is 3.83. The summed E-state index contributed by atoms with van der Waals surface area (Å²) in [5.41, 5.74) is 0.893. The molecule has 1 aromatic rings. The molecule has 1 saturated heterocycles. The highest BCUT2D eigenvalue weighted by molar-refractivity contribution is 5.95. The molecule has 1 heterocycles. The largest absolute Gasteiger partial charge is 0.481 e. The third kappa shape index (κ3) is 2.78. The van der Waals surface area contributed by atoms with Crippen LogP contribution in [0.1, 0.15) is 37.0 Å². The van der Waals surface area contributed by atoms with Gasteiger partial charge in [0.05, 0.1) is 5.41 Å². The van der Waals surface area contributed by atoms with E-state index in [1.807, 2.05) is 18.2 Å². The van der Waals surface area contributed by atoms with Crippen molar-refractivity contribution in [2.45, 2.75) is 26.7 Å². The number of anilines is 1. The molecule has 19 heavy (non-hydrogen) atoms. The molecule has 4 heteroatoms. The van der Waals surface area contributed by atoms with Gasteiger partial charge in [-0.25, -0.2) is 0 Å². The van der Waals surface area contributed by atoms with Crippen molar-refractivity contribution in [3.05, 3.63) is 29.8 Å². The molecule has 0 bridgehead atoms. The van der Waals surface area contributed by atoms with E-state index in [1.165, 1.54) is 6.92 Å². The van der Waals surface area contributed by atoms with Crippen molar-refractivity contribution < 1.29 is 14.7 Å². The Labute approximate surface area is 113 Å². The highest BCUT2D eigenvalue weighted by Crippen LogP contribution is 2.32. The number of ketones is 1. The van der Waals surface area contributed by atoms with E-state index in [1.54, 1.807) is 13.0 Å². The average molecular weight is 261 g/mol. The van der Waals surface area contributed by atoms with Crippen LogP contribution in [0.4, 0.5) is 5.69 Å². The normalized spacial score (nSPS) is 23.2. The number of hydrogen-bond donors (Lipinski definition) is 1. The topological polar surface area (TPSA) is 57.6 Å². The van der Waals surface area contributed by atoms with Crippen LogP contribution in [0.3, 0.4) is 0 Å². The molecule has 0 amide bonds. The minimum atomic E-state index is -0.750. The summed E-state index contributed by atoms with van der Waals surface area (Å²) in [6, 6.07) is 7.40. The zero-order chi connectivity index (χ0) is 14.0. The highest BCUT2D eigenvalue weighted by Gasteiger charge is 2.37. The van der Waals surface area contributed by atoms with Crippen LogP contribution >= 0.6 is 0 Å². The second-order valence-electron chi connectivity index (χ2n) is 5.50. The summed E-state index contributed by atoms with van der Waals surface area (Å²) < 4.78 is 0. The Bertz CT molecular complexity index is 512. The number of Topliss-reactive ketones (excluding diaryl/α,β-unsaturated/α-hetero) is 1. The van der Waals surface area contributed by atoms with Gasteiger partial charge in [-0.2, -0.15) is 0 Å². The van der Waals surface area contributed by atoms with E-state index < -0.39 is 11.4 Å². The molecule has 1 atom stereocenters. The molecule has 0 saturated carbocycles. The standard InChI is InChI=1S/C15H19NO3/c1-11(17)12-5-3-6-13(9-12)16-8-4-7-15(2,10-16)14(18)19/h3,5-6,9H,4,7-8,10H2,1-2H3,(H,18,19). The van der Waals surface area contributed by atoms with Gasteiger partial charge in [-0.15, -0.1) is 0 Å². The fraction of sp³-hybridized carbons (Fsp3) is 0.467. The van der Waals surface area contributed by atoms with Crippen LogP contribution in [-0.2, 0) is 4.79 Å². The number of rotatable bonds is 3. The second kappa shape index (κ2) is 5.03. The van der Waals surface area contributed by atoms with Gasteiger partial charge in [0.15, 0.2) is 5.78 Å². The van der Waals surface area contributed by atoms with Crippen molar-refractivity contribution >= 4 is 17.4 Å². The molecule has 1 N–H and O–H groups in total. The van der Waals surface area contributed by atoms with Gasteiger partial charge in [0.1, 0.15) is 0 Å². The maximum atomic E-state index is 11.4. The van der Waals surface area contributed by atoms with Crippen molar-refractivity contribution in [3.63, 3.8) is 0 Å². The molecule has 0 spiro atoms. The van der Waals surface area contributed by atoms with E-state index in [0.717, 1.165) is 18.7 Å². The lowest BCUT2D eigenvalue weighted by molar-refractivity contribution is -0.148. The average Bonchev–Trinajstić information content (AvgIpc) is 2.39. The smallest absolute Gasteiger partial charge is 0.311 e. The van der Waals surface area contributed by atoms with Crippen molar-refractivity contribution in [1.82, 2.24) is 0 Å². The first-order chi connectivity index (χ1) is 8.92. The van der Waals surface area contributed by atoms with E-state index in [2.05, 4.69) is 4.90 Å². The van der Waals surface area contributed by atoms with Gasteiger partial charge in [-0.05, 0) is 38.8 Å². The van der Waals surface area contributed by atoms with Crippen molar-refractivity contribution in [3.8, 4) is 0 Å². The van der Waals surface area contributed by atoms with E-state index >= 15 is 0 Å². The van der Waals surface area contributed by atoms with Gasteiger partial charge in [0.2, 0.25) is 0 Å². The molecular weight excluding hydrogens is 242 g/mol. The first-order valence-corrected chi connectivity index (χ1v) is 6.52. The second-order valence-corrected chi connectivity index (χ2v) is 5.50. The molecule has 1 aliphatic rings. The maximum Gasteiger partial charge on any atom is 0.311 e. The predicted molar refractivity (Wildman–Crippen MR) is 73.6 cm³/mol. The molecule has 2 rings (SSSR count). The molecule has 1 unspecified atom stereocenters. The summed E-state index contributed by atoms with van der Waals surface area (Å²) in [6.07, 6.45) is 1.55. The summed E-state index contributed by atoms with van der Waals surface area (Å²) in [7, 11) is 0. The molecule has 0 aromatic heterocycles. The Kier molecular flexibility index (Phi) is 3.60. The number of hydrogen-bond acceptors (Lipinski definition) is 3. The number of carboxylic acid groups (broad SMARTS) is 1. The number of aliphatic carboxylic acids is 1. The van der Waals surface area contributed by atoms with Crippen LogP contribution in [-0.4, -0.2) is 29.9 Å². The van der Waals surface area contributed by atoms with Crippen LogP contribution in [0.2, 0.25) is 0 Å². The number of carboxylic acids is 1. The number of benzene rings is 1. The van der Waals surface area contributed by atoms with Crippen LogP contribution < -0.4 is 4.90 Å². The van der Waals surface area contributed by atoms with Gasteiger partial charge < -0.3 is 10.0 Å². The Morgan fingerprint density at radius 2 is 2.11 bits per heavy atom. The number of piperidine rings is 1. The Balaban J connectivity index is 2.24. The van der Waals surface area contributed by atoms with Crippen molar-refractivity contribution in [2.24, 2.45) is 5.41 Å². The fourth-order valence-electron chi connectivity index (χ4n) is 2.56. The van der Waals surface area contributed by atoms with E-state index in [0.29, 0.717) is 18.5 Å². The lowest BCUT2D eigenvalue weighted by Gasteiger charge is -2.39. The zero-order valence-corrected chi connectivity index (χ0v) is 11.3. The van der Waals surface area contributed by atoms with E-state index in [4.69, 9.17) is 0 Å². The van der Waals surface area contributed by atoms with Crippen LogP contribution in [0.25, 0.3) is 0 Å². The van der Waals surface area contributed by atoms with Crippen LogP contribution in [0.15, 0.2) is 24.3 Å². The van der Waals surface area contributed by atoms with E-state index in [-0.39, 0.29) is 5.78 Å². The van der Waals surface area contributed by atoms with Crippen LogP contribution in [0, 0.1) is 5.41 Å². The number of nitrogens with zero attached hydrogens (tertiary/aromatic N) is 1. The molecule has 1 fully saturated rings. The Hall–Kier alpha value is -1.84. The minimum Gasteiger partial charge on any atom is -0.481 e. The lowest BCUT2D eigenvalue weighted by Crippen LogP contribution is -2.46. The summed E-state index contributed by atoms with van der Waals surface area (Å²) in [5.74, 6) is -0.722. The van der Waals surface area contributed by atoms with Gasteiger partial charge in [-0.3, -0.25) is 9.59 Å². The minimum absolute atomic E-state index is 0.0276. The number of carbonyl (C=O) groups is 2. The summed E-state index contributed by atoms with van der Waals surface area (Å²) in [4.78, 5) is 24.8. The first-order valence-electron chi connectivity index (χ1n) is 6.52. The Morgan fingerprint density at radius 1 is 1.37 bits per heavy atom. The van der Waals surface area contributed by atoms with Gasteiger partial charge in [-0.1, -0.05) is 12.1 Å². The summed E-state index contributed by atoms with van der Waals surface area (Å²) >= 11 is 0. The van der Waals surface area contributed by atoms with Gasteiger partial charge in [0.25, 0.3) is 0 Å². The highest BCUT2D eigenvalue weighted by atomic mass is 16.4. The molecule has 102 valence electrons. The van der Waals surface area contributed by atoms with Gasteiger partial charge >= 0.3 is 5.97 Å². The molecular formula is C15H19NO3. The summed E-state index contributed by atoms with van der Waals surface area (Å²) in [5, 5.41) is 9.32. The third-order valence-corrected chi connectivity index (χ3v) is 3.83. The maximum absolute atomic E-state index is 11.4. The van der Waals surface area contributed by atoms with E-state index in [9.17, 15) is 14.7 Å². The predicted octanol–water partition coefficient (Wildman–Crippen LogP) is 2.58. The van der Waals surface area contributed by atoms with Gasteiger partial charge in [0, 0.05) is 24.3 Å². The SMILES string of the molecule is CC(=O)c1cccc(N2CCCC(C)(C(=O)O)C2)c1. The molecule has 4 nitrogen and oxygen atoms in total. The molecule has 0 radical (unpaired) electrons. The lowest BCUT2D eigenvalue weighted by atomic mass is 9.82. The Morgan fingerprint density at radius 3 is 2.74 bits per heavy atom.